The summed E-state index contributed by atoms with van der Waals surface area (Å²) >= 11 is 0. The zero-order chi connectivity index (χ0) is 16.5. The van der Waals surface area contributed by atoms with E-state index in [1.54, 1.807) is 0 Å². The summed E-state index contributed by atoms with van der Waals surface area (Å²) in [5.41, 5.74) is 2.50. The van der Waals surface area contributed by atoms with E-state index >= 15 is 0 Å². The zero-order valence-corrected chi connectivity index (χ0v) is 14.0. The highest BCUT2D eigenvalue weighted by molar-refractivity contribution is 5.98. The van der Waals surface area contributed by atoms with Crippen LogP contribution in [0.3, 0.4) is 0 Å². The Kier molecular flexibility index (Phi) is 6.12. The Morgan fingerprint density at radius 2 is 2.04 bits per heavy atom. The highest BCUT2D eigenvalue weighted by atomic mass is 14.9. The third-order valence-electron chi connectivity index (χ3n) is 4.22. The Labute approximate surface area is 144 Å². The van der Waals surface area contributed by atoms with E-state index in [1.807, 2.05) is 12.4 Å². The van der Waals surface area contributed by atoms with Gasteiger partial charge in [0.25, 0.3) is 0 Å². The first kappa shape index (κ1) is 16.4. The molecule has 0 N–H and O–H groups in total. The lowest BCUT2D eigenvalue weighted by atomic mass is 9.99. The van der Waals surface area contributed by atoms with Gasteiger partial charge in [-0.15, -0.1) is 0 Å². The topological polar surface area (TPSA) is 24.7 Å². The molecule has 0 aromatic rings. The van der Waals surface area contributed by atoms with Gasteiger partial charge in [0.05, 0.1) is 0 Å². The summed E-state index contributed by atoms with van der Waals surface area (Å²) in [7, 11) is 0. The van der Waals surface area contributed by atoms with Gasteiger partial charge in [-0.1, -0.05) is 60.8 Å². The van der Waals surface area contributed by atoms with Gasteiger partial charge in [-0.2, -0.15) is 0 Å². The highest BCUT2D eigenvalue weighted by Crippen LogP contribution is 2.17. The molecule has 2 nitrogen and oxygen atoms in total. The second kappa shape index (κ2) is 8.97. The Morgan fingerprint density at radius 1 is 1.04 bits per heavy atom. The summed E-state index contributed by atoms with van der Waals surface area (Å²) in [6.45, 7) is 0. The van der Waals surface area contributed by atoms with E-state index in [0.717, 1.165) is 37.9 Å². The Bertz CT molecular complexity index is 706. The molecule has 3 aliphatic rings. The van der Waals surface area contributed by atoms with Crippen LogP contribution in [-0.4, -0.2) is 12.1 Å². The van der Waals surface area contributed by atoms with Crippen molar-refractivity contribution < 1.29 is 0 Å². The maximum absolute atomic E-state index is 4.69. The average Bonchev–Trinajstić information content (AvgIpc) is 2.67. The van der Waals surface area contributed by atoms with Crippen LogP contribution in [0.2, 0.25) is 0 Å². The molecule has 2 heteroatoms. The van der Waals surface area contributed by atoms with Gasteiger partial charge in [0.2, 0.25) is 0 Å². The third kappa shape index (κ3) is 5.02. The van der Waals surface area contributed by atoms with Crippen LogP contribution >= 0.6 is 0 Å². The zero-order valence-electron chi connectivity index (χ0n) is 14.0. The normalized spacial score (nSPS) is 24.0. The molecule has 0 fully saturated rings. The number of hydrogen-bond acceptors (Lipinski definition) is 1. The van der Waals surface area contributed by atoms with E-state index in [-0.39, 0.29) is 5.92 Å². The van der Waals surface area contributed by atoms with E-state index in [2.05, 4.69) is 76.8 Å². The van der Waals surface area contributed by atoms with Gasteiger partial charge in [0.1, 0.15) is 5.84 Å². The molecule has 0 spiro atoms. The molecule has 0 saturated carbocycles. The quantitative estimate of drug-likeness (QED) is 0.472. The summed E-state index contributed by atoms with van der Waals surface area (Å²) in [6.07, 6.45) is 32.9. The lowest BCUT2D eigenvalue weighted by Gasteiger charge is -2.12. The summed E-state index contributed by atoms with van der Waals surface area (Å²) in [5, 5.41) is 0. The molecule has 3 aliphatic carbocycles. The maximum Gasteiger partial charge on any atom is 0.135 e. The molecule has 0 aromatic carbocycles. The van der Waals surface area contributed by atoms with Crippen molar-refractivity contribution in [2.45, 2.75) is 32.1 Å². The molecule has 0 heterocycles. The van der Waals surface area contributed by atoms with Crippen molar-refractivity contribution in [3.63, 3.8) is 0 Å². The fraction of sp³-hybridized carbons (Fsp3) is 0.273. The van der Waals surface area contributed by atoms with Gasteiger partial charge in [-0.25, -0.2) is 9.98 Å². The largest absolute Gasteiger partial charge is 0.241 e. The minimum atomic E-state index is 0.254. The fourth-order valence-electron chi connectivity index (χ4n) is 2.84. The third-order valence-corrected chi connectivity index (χ3v) is 4.22. The van der Waals surface area contributed by atoms with Gasteiger partial charge in [-0.3, -0.25) is 0 Å². The molecule has 3 rings (SSSR count). The molecule has 0 bridgehead atoms. The van der Waals surface area contributed by atoms with Crippen molar-refractivity contribution in [1.82, 2.24) is 0 Å². The van der Waals surface area contributed by atoms with Crippen LogP contribution in [-0.2, 0) is 0 Å². The SMILES string of the molecule is C1=CCCC(/C=C/N=C(N=CC2=CCCC=C2)C2C=CC=CC2)=C1. The van der Waals surface area contributed by atoms with Crippen molar-refractivity contribution in [1.29, 1.82) is 0 Å². The van der Waals surface area contributed by atoms with Crippen molar-refractivity contribution in [2.75, 3.05) is 0 Å². The molecule has 0 radical (unpaired) electrons. The molecule has 1 unspecified atom stereocenters. The first-order valence-electron chi connectivity index (χ1n) is 8.76. The Balaban J connectivity index is 1.74. The van der Waals surface area contributed by atoms with E-state index in [4.69, 9.17) is 0 Å². The van der Waals surface area contributed by atoms with Crippen LogP contribution in [0.5, 0.6) is 0 Å². The van der Waals surface area contributed by atoms with E-state index in [9.17, 15) is 0 Å². The van der Waals surface area contributed by atoms with Crippen LogP contribution in [0.25, 0.3) is 0 Å². The molecule has 0 aliphatic heterocycles. The second-order valence-electron chi connectivity index (χ2n) is 6.11. The molecule has 1 atom stereocenters. The van der Waals surface area contributed by atoms with Gasteiger partial charge in [0.15, 0.2) is 0 Å². The lowest BCUT2D eigenvalue weighted by Crippen LogP contribution is -2.11. The fourth-order valence-corrected chi connectivity index (χ4v) is 2.84. The van der Waals surface area contributed by atoms with Crippen LogP contribution in [0.15, 0.2) is 94.2 Å². The smallest absolute Gasteiger partial charge is 0.135 e. The van der Waals surface area contributed by atoms with E-state index in [0.29, 0.717) is 0 Å². The van der Waals surface area contributed by atoms with Gasteiger partial charge in [0, 0.05) is 18.3 Å². The Hall–Kier alpha value is -2.48. The number of rotatable bonds is 4. The predicted molar refractivity (Wildman–Crippen MR) is 104 cm³/mol. The van der Waals surface area contributed by atoms with Crippen molar-refractivity contribution >= 4 is 12.1 Å². The second-order valence-corrected chi connectivity index (χ2v) is 6.11. The molecule has 122 valence electrons. The minimum Gasteiger partial charge on any atom is -0.241 e. The van der Waals surface area contributed by atoms with Crippen molar-refractivity contribution in [3.05, 3.63) is 84.2 Å². The molecule has 0 aromatic heterocycles. The van der Waals surface area contributed by atoms with Crippen LogP contribution in [0.1, 0.15) is 32.1 Å². The van der Waals surface area contributed by atoms with Crippen LogP contribution in [0, 0.1) is 5.92 Å². The molecule has 24 heavy (non-hydrogen) atoms. The van der Waals surface area contributed by atoms with Gasteiger partial charge in [-0.05, 0) is 49.3 Å². The average molecular weight is 316 g/mol. The van der Waals surface area contributed by atoms with Gasteiger partial charge >= 0.3 is 0 Å². The number of nitrogens with zero attached hydrogens (tertiary/aromatic N) is 2. The molecule has 0 amide bonds. The van der Waals surface area contributed by atoms with Crippen LogP contribution < -0.4 is 0 Å². The number of allylic oxidation sites excluding steroid dienone is 12. The summed E-state index contributed by atoms with van der Waals surface area (Å²) in [4.78, 5) is 9.35. The van der Waals surface area contributed by atoms with E-state index in [1.165, 1.54) is 11.1 Å². The highest BCUT2D eigenvalue weighted by Gasteiger charge is 2.11. The monoisotopic (exact) mass is 316 g/mol. The molecular weight excluding hydrogens is 292 g/mol. The molecule has 0 saturated heterocycles. The maximum atomic E-state index is 4.69. The van der Waals surface area contributed by atoms with E-state index < -0.39 is 0 Å². The lowest BCUT2D eigenvalue weighted by molar-refractivity contribution is 0.859. The minimum absolute atomic E-state index is 0.254. The number of amidine groups is 1. The number of hydrogen-bond donors (Lipinski definition) is 0. The standard InChI is InChI=1S/C22H24N2/c1-4-10-19(11-5-1)16-17-23-22(21-14-8-3-9-15-21)24-18-20-12-6-2-7-13-20/h1,3-4,6,8-10,12-14,16-18,21H,2,5,7,11,15H2/b17-16+,23-22?,24-18?. The molecular formula is C22H24N2. The van der Waals surface area contributed by atoms with Crippen molar-refractivity contribution in [3.8, 4) is 0 Å². The summed E-state index contributed by atoms with van der Waals surface area (Å²) in [6, 6.07) is 0. The predicted octanol–water partition coefficient (Wildman–Crippen LogP) is 5.65. The first-order valence-corrected chi connectivity index (χ1v) is 8.76. The number of aliphatic imine (C=N–C) groups is 2. The van der Waals surface area contributed by atoms with Crippen LogP contribution in [0.4, 0.5) is 0 Å². The van der Waals surface area contributed by atoms with Crippen molar-refractivity contribution in [2.24, 2.45) is 15.9 Å². The Morgan fingerprint density at radius 3 is 2.79 bits per heavy atom. The summed E-state index contributed by atoms with van der Waals surface area (Å²) in [5.74, 6) is 1.13. The van der Waals surface area contributed by atoms with Gasteiger partial charge < -0.3 is 0 Å². The first-order chi connectivity index (χ1) is 11.9. The summed E-state index contributed by atoms with van der Waals surface area (Å²) < 4.78 is 0.